The third-order valence-electron chi connectivity index (χ3n) is 3.48. The summed E-state index contributed by atoms with van der Waals surface area (Å²) in [6, 6.07) is 15.2. The van der Waals surface area contributed by atoms with Crippen molar-refractivity contribution in [3.05, 3.63) is 59.1 Å². The molecule has 1 N–H and O–H groups in total. The molecule has 122 valence electrons. The van der Waals surface area contributed by atoms with Gasteiger partial charge >= 0.3 is 0 Å². The van der Waals surface area contributed by atoms with Crippen LogP contribution in [0.25, 0.3) is 0 Å². The minimum Gasteiger partial charge on any atom is -0.491 e. The minimum absolute atomic E-state index is 0.0710. The van der Waals surface area contributed by atoms with Crippen LogP contribution in [-0.2, 0) is 11.2 Å². The van der Waals surface area contributed by atoms with E-state index in [1.807, 2.05) is 24.3 Å². The van der Waals surface area contributed by atoms with Crippen LogP contribution in [0.1, 0.15) is 31.7 Å². The van der Waals surface area contributed by atoms with E-state index >= 15 is 0 Å². The third-order valence-corrected chi connectivity index (χ3v) is 3.79. The molecule has 0 spiro atoms. The summed E-state index contributed by atoms with van der Waals surface area (Å²) < 4.78 is 5.52. The number of aryl methyl sites for hydroxylation is 1. The van der Waals surface area contributed by atoms with E-state index in [0.29, 0.717) is 17.4 Å². The molecular formula is C19H22ClNO2. The SMILES string of the molecule is CCCCc1ccc(NC(=O)CCOc2ccccc2Cl)cc1. The number of nitrogens with one attached hydrogen (secondary N) is 1. The number of para-hydroxylation sites is 1. The average molecular weight is 332 g/mol. The van der Waals surface area contributed by atoms with Crippen molar-refractivity contribution in [2.45, 2.75) is 32.6 Å². The van der Waals surface area contributed by atoms with Crippen molar-refractivity contribution >= 4 is 23.2 Å². The van der Waals surface area contributed by atoms with Crippen LogP contribution >= 0.6 is 11.6 Å². The monoisotopic (exact) mass is 331 g/mol. The molecule has 0 aliphatic heterocycles. The van der Waals surface area contributed by atoms with Crippen molar-refractivity contribution in [1.29, 1.82) is 0 Å². The molecule has 0 bridgehead atoms. The van der Waals surface area contributed by atoms with Crippen LogP contribution in [-0.4, -0.2) is 12.5 Å². The van der Waals surface area contributed by atoms with Gasteiger partial charge in [0.05, 0.1) is 18.1 Å². The highest BCUT2D eigenvalue weighted by Crippen LogP contribution is 2.23. The fraction of sp³-hybridized carbons (Fsp3) is 0.316. The Morgan fingerprint density at radius 2 is 1.87 bits per heavy atom. The zero-order valence-electron chi connectivity index (χ0n) is 13.3. The Balaban J connectivity index is 1.75. The highest BCUT2D eigenvalue weighted by atomic mass is 35.5. The van der Waals surface area contributed by atoms with Crippen LogP contribution in [0.4, 0.5) is 5.69 Å². The fourth-order valence-electron chi connectivity index (χ4n) is 2.17. The number of carbonyl (C=O) groups is 1. The predicted octanol–water partition coefficient (Wildman–Crippen LogP) is 5.09. The molecule has 0 aliphatic rings. The first-order chi connectivity index (χ1) is 11.2. The Labute approximate surface area is 142 Å². The number of benzene rings is 2. The molecule has 1 amide bonds. The summed E-state index contributed by atoms with van der Waals surface area (Å²) >= 11 is 5.99. The molecule has 0 unspecified atom stereocenters. The van der Waals surface area contributed by atoms with Crippen molar-refractivity contribution in [1.82, 2.24) is 0 Å². The molecule has 0 saturated heterocycles. The van der Waals surface area contributed by atoms with Crippen LogP contribution in [0, 0.1) is 0 Å². The molecule has 0 aliphatic carbocycles. The third kappa shape index (κ3) is 5.95. The van der Waals surface area contributed by atoms with E-state index in [1.54, 1.807) is 12.1 Å². The van der Waals surface area contributed by atoms with Gasteiger partial charge in [-0.1, -0.05) is 49.2 Å². The largest absolute Gasteiger partial charge is 0.491 e. The number of halogens is 1. The van der Waals surface area contributed by atoms with Crippen LogP contribution < -0.4 is 10.1 Å². The molecule has 23 heavy (non-hydrogen) atoms. The summed E-state index contributed by atoms with van der Waals surface area (Å²) in [5, 5.41) is 3.43. The Morgan fingerprint density at radius 1 is 1.13 bits per heavy atom. The number of unbranched alkanes of at least 4 members (excludes halogenated alkanes) is 1. The molecule has 4 heteroatoms. The second-order valence-corrected chi connectivity index (χ2v) is 5.78. The summed E-state index contributed by atoms with van der Waals surface area (Å²) in [5.41, 5.74) is 2.11. The molecule has 2 aromatic rings. The zero-order valence-corrected chi connectivity index (χ0v) is 14.1. The molecule has 2 rings (SSSR count). The van der Waals surface area contributed by atoms with Crippen LogP contribution in [0.5, 0.6) is 5.75 Å². The summed E-state index contributed by atoms with van der Waals surface area (Å²) in [5.74, 6) is 0.528. The molecule has 0 saturated carbocycles. The van der Waals surface area contributed by atoms with Gasteiger partial charge in [-0.25, -0.2) is 0 Å². The Hall–Kier alpha value is -2.00. The Bertz CT molecular complexity index is 626. The van der Waals surface area contributed by atoms with Crippen molar-refractivity contribution in [3.8, 4) is 5.75 Å². The van der Waals surface area contributed by atoms with Gasteiger partial charge < -0.3 is 10.1 Å². The Morgan fingerprint density at radius 3 is 2.57 bits per heavy atom. The summed E-state index contributed by atoms with van der Waals surface area (Å²) in [4.78, 5) is 11.9. The van der Waals surface area contributed by atoms with E-state index in [-0.39, 0.29) is 12.3 Å². The fourth-order valence-corrected chi connectivity index (χ4v) is 2.36. The predicted molar refractivity (Wildman–Crippen MR) is 95.2 cm³/mol. The van der Waals surface area contributed by atoms with Gasteiger partial charge in [-0.2, -0.15) is 0 Å². The van der Waals surface area contributed by atoms with Gasteiger partial charge in [0.15, 0.2) is 0 Å². The highest BCUT2D eigenvalue weighted by molar-refractivity contribution is 6.32. The maximum atomic E-state index is 11.9. The lowest BCUT2D eigenvalue weighted by atomic mass is 10.1. The molecule has 0 heterocycles. The van der Waals surface area contributed by atoms with Crippen molar-refractivity contribution < 1.29 is 9.53 Å². The van der Waals surface area contributed by atoms with E-state index < -0.39 is 0 Å². The summed E-state index contributed by atoms with van der Waals surface area (Å²) in [7, 11) is 0. The minimum atomic E-state index is -0.0710. The van der Waals surface area contributed by atoms with E-state index in [0.717, 1.165) is 12.1 Å². The van der Waals surface area contributed by atoms with Gasteiger partial charge in [0, 0.05) is 5.69 Å². The molecule has 0 atom stereocenters. The highest BCUT2D eigenvalue weighted by Gasteiger charge is 2.05. The lowest BCUT2D eigenvalue weighted by molar-refractivity contribution is -0.116. The zero-order chi connectivity index (χ0) is 16.5. The van der Waals surface area contributed by atoms with Gasteiger partial charge in [0.2, 0.25) is 5.91 Å². The second-order valence-electron chi connectivity index (χ2n) is 5.38. The number of ether oxygens (including phenoxy) is 1. The lowest BCUT2D eigenvalue weighted by Crippen LogP contribution is -2.15. The summed E-state index contributed by atoms with van der Waals surface area (Å²) in [6.45, 7) is 2.48. The topological polar surface area (TPSA) is 38.3 Å². The smallest absolute Gasteiger partial charge is 0.227 e. The maximum Gasteiger partial charge on any atom is 0.227 e. The van der Waals surface area contributed by atoms with E-state index in [4.69, 9.17) is 16.3 Å². The van der Waals surface area contributed by atoms with Crippen molar-refractivity contribution in [3.63, 3.8) is 0 Å². The van der Waals surface area contributed by atoms with E-state index in [2.05, 4.69) is 24.4 Å². The first-order valence-electron chi connectivity index (χ1n) is 7.95. The second kappa shape index (κ2) is 9.21. The van der Waals surface area contributed by atoms with Crippen LogP contribution in [0.15, 0.2) is 48.5 Å². The normalized spacial score (nSPS) is 10.3. The molecule has 0 fully saturated rings. The number of carbonyl (C=O) groups excluding carboxylic acids is 1. The first kappa shape index (κ1) is 17.4. The van der Waals surface area contributed by atoms with Crippen LogP contribution in [0.2, 0.25) is 5.02 Å². The van der Waals surface area contributed by atoms with Gasteiger partial charge in [0.1, 0.15) is 5.75 Å². The number of hydrogen-bond acceptors (Lipinski definition) is 2. The molecule has 2 aromatic carbocycles. The Kier molecular flexibility index (Phi) is 6.95. The molecule has 0 aromatic heterocycles. The van der Waals surface area contributed by atoms with E-state index in [1.165, 1.54) is 18.4 Å². The number of anilines is 1. The van der Waals surface area contributed by atoms with Crippen molar-refractivity contribution in [2.75, 3.05) is 11.9 Å². The van der Waals surface area contributed by atoms with Gasteiger partial charge in [0.25, 0.3) is 0 Å². The van der Waals surface area contributed by atoms with Gasteiger partial charge in [-0.3, -0.25) is 4.79 Å². The first-order valence-corrected chi connectivity index (χ1v) is 8.33. The van der Waals surface area contributed by atoms with Crippen molar-refractivity contribution in [2.24, 2.45) is 0 Å². The standard InChI is InChI=1S/C19H22ClNO2/c1-2-3-6-15-9-11-16(12-10-15)21-19(22)13-14-23-18-8-5-4-7-17(18)20/h4-5,7-12H,2-3,6,13-14H2,1H3,(H,21,22). The lowest BCUT2D eigenvalue weighted by Gasteiger charge is -2.09. The average Bonchev–Trinajstić information content (AvgIpc) is 2.56. The molecular weight excluding hydrogens is 310 g/mol. The van der Waals surface area contributed by atoms with Crippen LogP contribution in [0.3, 0.4) is 0 Å². The van der Waals surface area contributed by atoms with Gasteiger partial charge in [-0.15, -0.1) is 0 Å². The quantitative estimate of drug-likeness (QED) is 0.731. The van der Waals surface area contributed by atoms with E-state index in [9.17, 15) is 4.79 Å². The number of amides is 1. The number of rotatable bonds is 8. The number of hydrogen-bond donors (Lipinski definition) is 1. The van der Waals surface area contributed by atoms with Gasteiger partial charge in [-0.05, 0) is 42.7 Å². The molecule has 0 radical (unpaired) electrons. The maximum absolute atomic E-state index is 11.9. The summed E-state index contributed by atoms with van der Waals surface area (Å²) in [6.07, 6.45) is 3.73. The molecule has 3 nitrogen and oxygen atoms in total.